The van der Waals surface area contributed by atoms with Crippen molar-refractivity contribution in [1.82, 2.24) is 5.32 Å². The lowest BCUT2D eigenvalue weighted by Crippen LogP contribution is -2.38. The summed E-state index contributed by atoms with van der Waals surface area (Å²) in [5, 5.41) is 2.81. The lowest BCUT2D eigenvalue weighted by atomic mass is 10.1. The van der Waals surface area contributed by atoms with Crippen molar-refractivity contribution < 1.29 is 9.53 Å². The van der Waals surface area contributed by atoms with Crippen molar-refractivity contribution in [3.05, 3.63) is 29.8 Å². The van der Waals surface area contributed by atoms with Gasteiger partial charge in [0.1, 0.15) is 5.75 Å². The van der Waals surface area contributed by atoms with E-state index in [1.54, 1.807) is 7.11 Å². The van der Waals surface area contributed by atoms with Crippen LogP contribution >= 0.6 is 12.4 Å². The van der Waals surface area contributed by atoms with E-state index < -0.39 is 0 Å². The molecule has 0 saturated carbocycles. The molecule has 0 radical (unpaired) electrons. The molecule has 0 aliphatic rings. The van der Waals surface area contributed by atoms with Crippen LogP contribution in [-0.4, -0.2) is 25.6 Å². The minimum atomic E-state index is -0.0394. The van der Waals surface area contributed by atoms with E-state index >= 15 is 0 Å². The predicted octanol–water partition coefficient (Wildman–Crippen LogP) is 1.12. The molecule has 96 valence electrons. The molecule has 1 aromatic rings. The molecule has 0 fully saturated rings. The summed E-state index contributed by atoms with van der Waals surface area (Å²) in [6, 6.07) is 7.49. The fourth-order valence-electron chi connectivity index (χ4n) is 1.41. The van der Waals surface area contributed by atoms with Crippen molar-refractivity contribution in [2.24, 2.45) is 5.73 Å². The molecule has 4 nitrogen and oxygen atoms in total. The van der Waals surface area contributed by atoms with Gasteiger partial charge in [0.15, 0.2) is 0 Å². The molecule has 1 atom stereocenters. The molecule has 0 aliphatic heterocycles. The van der Waals surface area contributed by atoms with Crippen LogP contribution in [0.25, 0.3) is 0 Å². The molecule has 5 heteroatoms. The second kappa shape index (κ2) is 7.92. The van der Waals surface area contributed by atoms with Crippen molar-refractivity contribution in [2.75, 3.05) is 13.7 Å². The number of rotatable bonds is 5. The van der Waals surface area contributed by atoms with Crippen molar-refractivity contribution >= 4 is 18.3 Å². The minimum Gasteiger partial charge on any atom is -0.496 e. The number of ether oxygens (including phenoxy) is 1. The molecule has 3 N–H and O–H groups in total. The third kappa shape index (κ3) is 5.06. The molecule has 0 aromatic heterocycles. The highest BCUT2D eigenvalue weighted by Crippen LogP contribution is 2.17. The first-order chi connectivity index (χ1) is 7.67. The minimum absolute atomic E-state index is 0. The van der Waals surface area contributed by atoms with Crippen molar-refractivity contribution in [3.63, 3.8) is 0 Å². The Morgan fingerprint density at radius 3 is 2.71 bits per heavy atom. The zero-order valence-corrected chi connectivity index (χ0v) is 10.9. The maximum Gasteiger partial charge on any atom is 0.224 e. The first-order valence-electron chi connectivity index (χ1n) is 5.28. The number of hydrogen-bond acceptors (Lipinski definition) is 3. The zero-order chi connectivity index (χ0) is 12.0. The van der Waals surface area contributed by atoms with E-state index in [1.165, 1.54) is 0 Å². The van der Waals surface area contributed by atoms with Gasteiger partial charge < -0.3 is 15.8 Å². The van der Waals surface area contributed by atoms with Crippen molar-refractivity contribution in [1.29, 1.82) is 0 Å². The Kier molecular flexibility index (Phi) is 7.34. The van der Waals surface area contributed by atoms with E-state index in [0.717, 1.165) is 11.3 Å². The molecule has 17 heavy (non-hydrogen) atoms. The van der Waals surface area contributed by atoms with Crippen LogP contribution in [0, 0.1) is 0 Å². The van der Waals surface area contributed by atoms with Gasteiger partial charge in [0, 0.05) is 18.2 Å². The molecule has 1 amide bonds. The highest BCUT2D eigenvalue weighted by Gasteiger charge is 2.09. The van der Waals surface area contributed by atoms with Gasteiger partial charge in [-0.25, -0.2) is 0 Å². The Hall–Kier alpha value is -1.26. The summed E-state index contributed by atoms with van der Waals surface area (Å²) in [6.45, 7) is 2.32. The number of nitrogens with two attached hydrogens (primary N) is 1. The van der Waals surface area contributed by atoms with E-state index in [2.05, 4.69) is 5.32 Å². The number of halogens is 1. The van der Waals surface area contributed by atoms with Crippen LogP contribution in [0.15, 0.2) is 24.3 Å². The molecular formula is C12H19ClN2O2. The molecule has 0 unspecified atom stereocenters. The van der Waals surface area contributed by atoms with Gasteiger partial charge in [-0.05, 0) is 13.0 Å². The van der Waals surface area contributed by atoms with Gasteiger partial charge in [-0.1, -0.05) is 18.2 Å². The van der Waals surface area contributed by atoms with E-state index in [-0.39, 0.29) is 24.4 Å². The highest BCUT2D eigenvalue weighted by molar-refractivity contribution is 5.85. The molecule has 0 saturated heterocycles. The summed E-state index contributed by atoms with van der Waals surface area (Å²) in [4.78, 5) is 11.6. The third-order valence-corrected chi connectivity index (χ3v) is 2.30. The number of carbonyl (C=O) groups is 1. The lowest BCUT2D eigenvalue weighted by molar-refractivity contribution is -0.121. The molecule has 0 heterocycles. The first-order valence-corrected chi connectivity index (χ1v) is 5.28. The van der Waals surface area contributed by atoms with Gasteiger partial charge in [-0.2, -0.15) is 0 Å². The molecule has 1 aromatic carbocycles. The monoisotopic (exact) mass is 258 g/mol. The van der Waals surface area contributed by atoms with Gasteiger partial charge in [-0.15, -0.1) is 12.4 Å². The second-order valence-corrected chi connectivity index (χ2v) is 3.69. The van der Waals surface area contributed by atoms with Crippen LogP contribution in [0.3, 0.4) is 0 Å². The summed E-state index contributed by atoms with van der Waals surface area (Å²) in [6.07, 6.45) is 0.314. The van der Waals surface area contributed by atoms with E-state index in [9.17, 15) is 4.79 Å². The summed E-state index contributed by atoms with van der Waals surface area (Å²) in [5.74, 6) is 0.695. The molecule has 0 aliphatic carbocycles. The molecule has 0 spiro atoms. The largest absolute Gasteiger partial charge is 0.496 e. The molecule has 1 rings (SSSR count). The summed E-state index contributed by atoms with van der Waals surface area (Å²) in [7, 11) is 1.60. The number of benzene rings is 1. The Morgan fingerprint density at radius 1 is 1.47 bits per heavy atom. The maximum atomic E-state index is 11.6. The fraction of sp³-hybridized carbons (Fsp3) is 0.417. The second-order valence-electron chi connectivity index (χ2n) is 3.69. The Balaban J connectivity index is 0.00000256. The van der Waals surface area contributed by atoms with Gasteiger partial charge in [0.25, 0.3) is 0 Å². The Bertz CT molecular complexity index is 358. The quantitative estimate of drug-likeness (QED) is 0.832. The van der Waals surface area contributed by atoms with Crippen LogP contribution in [-0.2, 0) is 11.2 Å². The first kappa shape index (κ1) is 15.7. The van der Waals surface area contributed by atoms with Gasteiger partial charge in [0.05, 0.1) is 13.5 Å². The maximum absolute atomic E-state index is 11.6. The number of nitrogens with one attached hydrogen (secondary N) is 1. The highest BCUT2D eigenvalue weighted by atomic mass is 35.5. The lowest BCUT2D eigenvalue weighted by Gasteiger charge is -2.12. The van der Waals surface area contributed by atoms with E-state index in [4.69, 9.17) is 10.5 Å². The van der Waals surface area contributed by atoms with Gasteiger partial charge >= 0.3 is 0 Å². The summed E-state index contributed by atoms with van der Waals surface area (Å²) < 4.78 is 5.17. The standard InChI is InChI=1S/C12H18N2O2.ClH/c1-9(8-13)14-12(15)7-10-5-3-4-6-11(10)16-2;/h3-6,9H,7-8,13H2,1-2H3,(H,14,15);1H/t9-;/m0./s1. The smallest absolute Gasteiger partial charge is 0.224 e. The number of carbonyl (C=O) groups excluding carboxylic acids is 1. The van der Waals surface area contributed by atoms with Crippen LogP contribution in [0.4, 0.5) is 0 Å². The third-order valence-electron chi connectivity index (χ3n) is 2.30. The van der Waals surface area contributed by atoms with Crippen LogP contribution in [0.5, 0.6) is 5.75 Å². The zero-order valence-electron chi connectivity index (χ0n) is 10.1. The van der Waals surface area contributed by atoms with Gasteiger partial charge in [-0.3, -0.25) is 4.79 Å². The average molecular weight is 259 g/mol. The van der Waals surface area contributed by atoms with E-state index in [0.29, 0.717) is 13.0 Å². The van der Waals surface area contributed by atoms with Crippen molar-refractivity contribution in [2.45, 2.75) is 19.4 Å². The summed E-state index contributed by atoms with van der Waals surface area (Å²) >= 11 is 0. The Labute approximate surface area is 108 Å². The molecular weight excluding hydrogens is 240 g/mol. The van der Waals surface area contributed by atoms with Crippen molar-refractivity contribution in [3.8, 4) is 5.75 Å². The average Bonchev–Trinajstić information content (AvgIpc) is 2.29. The number of amides is 1. The number of hydrogen-bond donors (Lipinski definition) is 2. The number of para-hydroxylation sites is 1. The number of methoxy groups -OCH3 is 1. The summed E-state index contributed by atoms with van der Waals surface area (Å²) in [5.41, 5.74) is 6.31. The Morgan fingerprint density at radius 2 is 2.12 bits per heavy atom. The van der Waals surface area contributed by atoms with Gasteiger partial charge in [0.2, 0.25) is 5.91 Å². The van der Waals surface area contributed by atoms with Crippen LogP contribution < -0.4 is 15.8 Å². The van der Waals surface area contributed by atoms with Crippen LogP contribution in [0.2, 0.25) is 0 Å². The fourth-order valence-corrected chi connectivity index (χ4v) is 1.41. The predicted molar refractivity (Wildman–Crippen MR) is 70.6 cm³/mol. The SMILES string of the molecule is COc1ccccc1CC(=O)N[C@@H](C)CN.Cl. The van der Waals surface area contributed by atoms with E-state index in [1.807, 2.05) is 31.2 Å². The molecule has 0 bridgehead atoms. The topological polar surface area (TPSA) is 64.3 Å². The van der Waals surface area contributed by atoms with Crippen LogP contribution in [0.1, 0.15) is 12.5 Å². The normalized spacial score (nSPS) is 11.2.